The molecule has 0 bridgehead atoms. The van der Waals surface area contributed by atoms with Crippen LogP contribution in [0.3, 0.4) is 0 Å². The van der Waals surface area contributed by atoms with E-state index in [4.69, 9.17) is 0 Å². The molecule has 1 N–H and O–H groups in total. The second-order valence-electron chi connectivity index (χ2n) is 5.90. The number of amides is 1. The molecule has 3 rings (SSSR count). The van der Waals surface area contributed by atoms with E-state index in [1.165, 1.54) is 24.3 Å². The number of sulfonamides is 1. The van der Waals surface area contributed by atoms with Crippen molar-refractivity contribution in [1.82, 2.24) is 0 Å². The fourth-order valence-electron chi connectivity index (χ4n) is 2.56. The number of hydrogen-bond donors (Lipinski definition) is 1. The van der Waals surface area contributed by atoms with Crippen LogP contribution in [0.15, 0.2) is 64.2 Å². The third-order valence-corrected chi connectivity index (χ3v) is 7.71. The molecule has 0 spiro atoms. The molecule has 5 nitrogen and oxygen atoms in total. The van der Waals surface area contributed by atoms with Gasteiger partial charge in [0, 0.05) is 9.26 Å². The molecule has 0 unspecified atom stereocenters. The minimum absolute atomic E-state index is 0.0361. The molecule has 3 aromatic rings. The van der Waals surface area contributed by atoms with Gasteiger partial charge in [-0.2, -0.15) is 0 Å². The van der Waals surface area contributed by atoms with Crippen LogP contribution in [0.25, 0.3) is 0 Å². The number of carbonyl (C=O) groups is 1. The number of nitrogens with one attached hydrogen (secondary N) is 1. The van der Waals surface area contributed by atoms with E-state index in [1.807, 2.05) is 19.1 Å². The minimum Gasteiger partial charge on any atom is -0.324 e. The standard InChI is InChI=1S/C19H16FIN2O3S2/c1-13-11-14(21)8-9-16(13)22-18(24)12-23(17-6-3-2-5-15(17)20)28(25,26)19-7-4-10-27-19/h2-11H,12H2,1H3,(H,22,24). The summed E-state index contributed by atoms with van der Waals surface area (Å²) in [5, 5.41) is 4.32. The maximum Gasteiger partial charge on any atom is 0.274 e. The first kappa shape index (κ1) is 20.7. The van der Waals surface area contributed by atoms with Gasteiger partial charge in [0.1, 0.15) is 16.6 Å². The van der Waals surface area contributed by atoms with E-state index in [-0.39, 0.29) is 9.90 Å². The molecule has 0 aliphatic heterocycles. The van der Waals surface area contributed by atoms with Gasteiger partial charge < -0.3 is 5.32 Å². The molecule has 0 radical (unpaired) electrons. The molecule has 1 amide bonds. The number of carbonyl (C=O) groups excluding carboxylic acids is 1. The zero-order chi connectivity index (χ0) is 20.3. The monoisotopic (exact) mass is 530 g/mol. The van der Waals surface area contributed by atoms with E-state index in [2.05, 4.69) is 27.9 Å². The van der Waals surface area contributed by atoms with Crippen LogP contribution in [0.5, 0.6) is 0 Å². The molecular weight excluding hydrogens is 514 g/mol. The lowest BCUT2D eigenvalue weighted by atomic mass is 10.2. The maximum atomic E-state index is 14.4. The van der Waals surface area contributed by atoms with Crippen LogP contribution in [0.2, 0.25) is 0 Å². The van der Waals surface area contributed by atoms with E-state index in [1.54, 1.807) is 17.5 Å². The number of benzene rings is 2. The summed E-state index contributed by atoms with van der Waals surface area (Å²) >= 11 is 3.17. The van der Waals surface area contributed by atoms with Crippen molar-refractivity contribution in [2.75, 3.05) is 16.2 Å². The fraction of sp³-hybridized carbons (Fsp3) is 0.105. The largest absolute Gasteiger partial charge is 0.324 e. The number of rotatable bonds is 6. The smallest absolute Gasteiger partial charge is 0.274 e. The highest BCUT2D eigenvalue weighted by Crippen LogP contribution is 2.28. The Labute approximate surface area is 180 Å². The van der Waals surface area contributed by atoms with Gasteiger partial charge >= 0.3 is 0 Å². The van der Waals surface area contributed by atoms with Gasteiger partial charge in [0.15, 0.2) is 0 Å². The molecule has 0 aliphatic carbocycles. The van der Waals surface area contributed by atoms with Gasteiger partial charge in [-0.15, -0.1) is 11.3 Å². The van der Waals surface area contributed by atoms with Crippen LogP contribution in [-0.2, 0) is 14.8 Å². The molecule has 0 saturated carbocycles. The van der Waals surface area contributed by atoms with E-state index in [0.717, 1.165) is 30.8 Å². The van der Waals surface area contributed by atoms with Crippen molar-refractivity contribution in [2.24, 2.45) is 0 Å². The highest BCUT2D eigenvalue weighted by atomic mass is 127. The Balaban J connectivity index is 1.94. The number of para-hydroxylation sites is 1. The SMILES string of the molecule is Cc1cc(I)ccc1NC(=O)CN(c1ccccc1F)S(=O)(=O)c1cccs1. The molecule has 1 heterocycles. The normalized spacial score (nSPS) is 11.2. The zero-order valence-corrected chi connectivity index (χ0v) is 18.5. The van der Waals surface area contributed by atoms with E-state index in [0.29, 0.717) is 5.69 Å². The van der Waals surface area contributed by atoms with Crippen LogP contribution in [0.4, 0.5) is 15.8 Å². The summed E-state index contributed by atoms with van der Waals surface area (Å²) < 4.78 is 42.3. The minimum atomic E-state index is -4.09. The molecule has 1 aromatic heterocycles. The number of nitrogens with zero attached hydrogens (tertiary/aromatic N) is 1. The summed E-state index contributed by atoms with van der Waals surface area (Å²) in [6.45, 7) is 1.29. The summed E-state index contributed by atoms with van der Waals surface area (Å²) in [4.78, 5) is 12.6. The Bertz CT molecular complexity index is 1100. The summed E-state index contributed by atoms with van der Waals surface area (Å²) in [5.41, 5.74) is 1.25. The Kier molecular flexibility index (Phi) is 6.36. The molecule has 28 heavy (non-hydrogen) atoms. The molecule has 0 fully saturated rings. The summed E-state index contributed by atoms with van der Waals surface area (Å²) in [7, 11) is -4.09. The fourth-order valence-corrected chi connectivity index (χ4v) is 5.74. The van der Waals surface area contributed by atoms with E-state index < -0.39 is 28.3 Å². The number of thiophene rings is 1. The summed E-state index contributed by atoms with van der Waals surface area (Å²) in [6, 6.07) is 14.0. The quantitative estimate of drug-likeness (QED) is 0.473. The second kappa shape index (κ2) is 8.58. The average molecular weight is 530 g/mol. The molecular formula is C19H16FIN2O3S2. The highest BCUT2D eigenvalue weighted by Gasteiger charge is 2.30. The van der Waals surface area contributed by atoms with Crippen molar-refractivity contribution < 1.29 is 17.6 Å². The molecule has 2 aromatic carbocycles. The second-order valence-corrected chi connectivity index (χ2v) is 10.2. The van der Waals surface area contributed by atoms with Crippen LogP contribution in [0, 0.1) is 16.3 Å². The van der Waals surface area contributed by atoms with Crippen molar-refractivity contribution in [2.45, 2.75) is 11.1 Å². The predicted octanol–water partition coefficient (Wildman–Crippen LogP) is 4.63. The first-order valence-corrected chi connectivity index (χ1v) is 11.6. The third-order valence-electron chi connectivity index (χ3n) is 3.91. The van der Waals surface area contributed by atoms with Crippen molar-refractivity contribution in [3.63, 3.8) is 0 Å². The molecule has 0 saturated heterocycles. The average Bonchev–Trinajstić information content (AvgIpc) is 3.18. The lowest BCUT2D eigenvalue weighted by molar-refractivity contribution is -0.114. The lowest BCUT2D eigenvalue weighted by Crippen LogP contribution is -2.38. The zero-order valence-electron chi connectivity index (χ0n) is 14.7. The van der Waals surface area contributed by atoms with E-state index >= 15 is 0 Å². The number of halogens is 2. The van der Waals surface area contributed by atoms with Gasteiger partial charge in [-0.3, -0.25) is 9.10 Å². The van der Waals surface area contributed by atoms with E-state index in [9.17, 15) is 17.6 Å². The Morgan fingerprint density at radius 2 is 1.93 bits per heavy atom. The molecule has 146 valence electrons. The van der Waals surface area contributed by atoms with Crippen LogP contribution in [0.1, 0.15) is 5.56 Å². The summed E-state index contributed by atoms with van der Waals surface area (Å²) in [6.07, 6.45) is 0. The first-order valence-electron chi connectivity index (χ1n) is 8.16. The molecule has 0 aliphatic rings. The number of aryl methyl sites for hydroxylation is 1. The Hall–Kier alpha value is -1.98. The summed E-state index contributed by atoms with van der Waals surface area (Å²) in [5.74, 6) is -1.28. The Morgan fingerprint density at radius 3 is 2.57 bits per heavy atom. The van der Waals surface area contributed by atoms with Crippen molar-refractivity contribution >= 4 is 61.2 Å². The van der Waals surface area contributed by atoms with Crippen molar-refractivity contribution in [3.05, 3.63) is 74.9 Å². The predicted molar refractivity (Wildman–Crippen MR) is 118 cm³/mol. The molecule has 0 atom stereocenters. The first-order chi connectivity index (χ1) is 13.3. The van der Waals surface area contributed by atoms with Gasteiger partial charge in [-0.05, 0) is 76.9 Å². The van der Waals surface area contributed by atoms with Crippen molar-refractivity contribution in [1.29, 1.82) is 0 Å². The number of anilines is 2. The van der Waals surface area contributed by atoms with Gasteiger partial charge in [0.2, 0.25) is 5.91 Å². The van der Waals surface area contributed by atoms with Gasteiger partial charge in [-0.25, -0.2) is 12.8 Å². The lowest BCUT2D eigenvalue weighted by Gasteiger charge is -2.23. The third kappa shape index (κ3) is 4.53. The topological polar surface area (TPSA) is 66.5 Å². The van der Waals surface area contributed by atoms with Crippen LogP contribution in [-0.4, -0.2) is 20.9 Å². The molecule has 9 heteroatoms. The van der Waals surface area contributed by atoms with Crippen LogP contribution >= 0.6 is 33.9 Å². The number of hydrogen-bond acceptors (Lipinski definition) is 4. The van der Waals surface area contributed by atoms with Gasteiger partial charge in [0.05, 0.1) is 5.69 Å². The van der Waals surface area contributed by atoms with Gasteiger partial charge in [-0.1, -0.05) is 18.2 Å². The van der Waals surface area contributed by atoms with Gasteiger partial charge in [0.25, 0.3) is 10.0 Å². The van der Waals surface area contributed by atoms with Crippen molar-refractivity contribution in [3.8, 4) is 0 Å². The highest BCUT2D eigenvalue weighted by molar-refractivity contribution is 14.1. The Morgan fingerprint density at radius 1 is 1.18 bits per heavy atom. The maximum absolute atomic E-state index is 14.4. The van der Waals surface area contributed by atoms with Crippen LogP contribution < -0.4 is 9.62 Å².